The largest absolute Gasteiger partial charge is 0.506 e. The molecule has 174 valence electrons. The van der Waals surface area contributed by atoms with E-state index in [-0.39, 0.29) is 40.7 Å². The van der Waals surface area contributed by atoms with E-state index in [1.54, 1.807) is 6.07 Å². The minimum Gasteiger partial charge on any atom is -0.506 e. The molecule has 2 aromatic rings. The maximum atomic E-state index is 12.4. The Bertz CT molecular complexity index is 969. The van der Waals surface area contributed by atoms with E-state index in [1.165, 1.54) is 24.6 Å². The van der Waals surface area contributed by atoms with Crippen LogP contribution in [0.4, 0.5) is 11.4 Å². The number of nitrogens with one attached hydrogen (secondary N) is 2. The van der Waals surface area contributed by atoms with Crippen LogP contribution in [0.1, 0.15) is 59.6 Å². The molecule has 0 atom stereocenters. The normalized spacial score (nSPS) is 11.7. The monoisotopic (exact) mass is 440 g/mol. The number of rotatable bonds is 7. The summed E-state index contributed by atoms with van der Waals surface area (Å²) in [6, 6.07) is 10.7. The number of carbonyl (C=O) groups excluding carboxylic acids is 2. The molecule has 0 heterocycles. The molecule has 0 fully saturated rings. The van der Waals surface area contributed by atoms with E-state index >= 15 is 0 Å². The number of anilines is 2. The van der Waals surface area contributed by atoms with Gasteiger partial charge in [0.2, 0.25) is 5.91 Å². The first-order valence-corrected chi connectivity index (χ1v) is 10.9. The molecule has 2 amide bonds. The summed E-state index contributed by atoms with van der Waals surface area (Å²) in [5.74, 6) is -0.0420. The Labute approximate surface area is 191 Å². The van der Waals surface area contributed by atoms with E-state index in [0.717, 1.165) is 18.4 Å². The fraction of sp³-hybridized carbons (Fsp3) is 0.462. The van der Waals surface area contributed by atoms with Crippen LogP contribution in [-0.2, 0) is 22.4 Å². The van der Waals surface area contributed by atoms with Crippen LogP contribution in [0.3, 0.4) is 0 Å². The topological polar surface area (TPSA) is 87.7 Å². The molecule has 0 aliphatic rings. The lowest BCUT2D eigenvalue weighted by molar-refractivity contribution is -0.118. The van der Waals surface area contributed by atoms with Crippen molar-refractivity contribution >= 4 is 23.2 Å². The van der Waals surface area contributed by atoms with Crippen molar-refractivity contribution in [3.05, 3.63) is 47.5 Å². The summed E-state index contributed by atoms with van der Waals surface area (Å²) < 4.78 is 5.88. The van der Waals surface area contributed by atoms with Crippen LogP contribution < -0.4 is 15.4 Å². The average Bonchev–Trinajstić information content (AvgIpc) is 2.60. The molecule has 6 heteroatoms. The van der Waals surface area contributed by atoms with Crippen LogP contribution >= 0.6 is 0 Å². The number of phenolic OH excluding ortho intramolecular Hbond substituents is 1. The second kappa shape index (κ2) is 10.1. The van der Waals surface area contributed by atoms with E-state index in [9.17, 15) is 14.7 Å². The molecule has 2 aromatic carbocycles. The lowest BCUT2D eigenvalue weighted by Gasteiger charge is -2.23. The summed E-state index contributed by atoms with van der Waals surface area (Å²) in [7, 11) is 0. The van der Waals surface area contributed by atoms with Gasteiger partial charge in [0.25, 0.3) is 5.91 Å². The highest BCUT2D eigenvalue weighted by molar-refractivity contribution is 5.94. The first kappa shape index (κ1) is 25.2. The SMILES string of the molecule is CC(=O)Nc1ccc(NC(=O)COc2ccc(CC(C)(C)C)cc2CC(C)(C)C)cc1O. The zero-order valence-corrected chi connectivity index (χ0v) is 20.3. The van der Waals surface area contributed by atoms with Gasteiger partial charge in [-0.2, -0.15) is 0 Å². The third kappa shape index (κ3) is 8.61. The van der Waals surface area contributed by atoms with Gasteiger partial charge in [-0.15, -0.1) is 0 Å². The molecule has 0 radical (unpaired) electrons. The van der Waals surface area contributed by atoms with Crippen LogP contribution in [0.5, 0.6) is 11.5 Å². The van der Waals surface area contributed by atoms with Gasteiger partial charge in [0, 0.05) is 18.7 Å². The highest BCUT2D eigenvalue weighted by Crippen LogP contribution is 2.31. The Morgan fingerprint density at radius 3 is 2.12 bits per heavy atom. The summed E-state index contributed by atoms with van der Waals surface area (Å²) in [6.45, 7) is 14.4. The van der Waals surface area contributed by atoms with Crippen molar-refractivity contribution in [1.29, 1.82) is 0 Å². The van der Waals surface area contributed by atoms with Gasteiger partial charge in [0.1, 0.15) is 11.5 Å². The maximum absolute atomic E-state index is 12.4. The highest BCUT2D eigenvalue weighted by Gasteiger charge is 2.18. The Hall–Kier alpha value is -3.02. The van der Waals surface area contributed by atoms with Gasteiger partial charge < -0.3 is 20.5 Å². The first-order valence-electron chi connectivity index (χ1n) is 10.9. The van der Waals surface area contributed by atoms with Crippen LogP contribution in [-0.4, -0.2) is 23.5 Å². The maximum Gasteiger partial charge on any atom is 0.262 e. The van der Waals surface area contributed by atoms with Crippen LogP contribution in [0.25, 0.3) is 0 Å². The van der Waals surface area contributed by atoms with Crippen LogP contribution in [0.15, 0.2) is 36.4 Å². The summed E-state index contributed by atoms with van der Waals surface area (Å²) >= 11 is 0. The number of benzene rings is 2. The van der Waals surface area contributed by atoms with E-state index in [1.807, 2.05) is 6.07 Å². The predicted octanol–water partition coefficient (Wildman–Crippen LogP) is 5.55. The minimum absolute atomic E-state index is 0.0773. The lowest BCUT2D eigenvalue weighted by atomic mass is 9.84. The number of phenols is 1. The van der Waals surface area contributed by atoms with Gasteiger partial charge in [-0.25, -0.2) is 0 Å². The van der Waals surface area contributed by atoms with Gasteiger partial charge >= 0.3 is 0 Å². The van der Waals surface area contributed by atoms with Crippen molar-refractivity contribution in [2.24, 2.45) is 10.8 Å². The van der Waals surface area contributed by atoms with Crippen LogP contribution in [0, 0.1) is 10.8 Å². The summed E-state index contributed by atoms with van der Waals surface area (Å²) in [5, 5.41) is 15.2. The minimum atomic E-state index is -0.336. The number of carbonyl (C=O) groups is 2. The van der Waals surface area contributed by atoms with Crippen molar-refractivity contribution < 1.29 is 19.4 Å². The molecule has 0 aromatic heterocycles. The molecule has 0 spiro atoms. The number of hydrogen-bond acceptors (Lipinski definition) is 4. The fourth-order valence-electron chi connectivity index (χ4n) is 3.45. The molecule has 0 bridgehead atoms. The zero-order valence-electron chi connectivity index (χ0n) is 20.3. The van der Waals surface area contributed by atoms with Gasteiger partial charge in [-0.1, -0.05) is 53.7 Å². The van der Waals surface area contributed by atoms with Gasteiger partial charge in [0.05, 0.1) is 5.69 Å². The molecule has 0 saturated carbocycles. The van der Waals surface area contributed by atoms with Crippen molar-refractivity contribution in [2.45, 2.75) is 61.3 Å². The standard InChI is InChI=1S/C26H36N2O4/c1-17(29)27-21-10-9-20(13-22(21)30)28-24(31)16-32-23-11-8-18(14-25(2,3)4)12-19(23)15-26(5,6)7/h8-13,30H,14-16H2,1-7H3,(H,27,29)(H,28,31). The highest BCUT2D eigenvalue weighted by atomic mass is 16.5. The van der Waals surface area contributed by atoms with Crippen molar-refractivity contribution in [3.63, 3.8) is 0 Å². The van der Waals surface area contributed by atoms with Crippen molar-refractivity contribution in [1.82, 2.24) is 0 Å². The molecule has 3 N–H and O–H groups in total. The second-order valence-corrected chi connectivity index (χ2v) is 10.7. The fourth-order valence-corrected chi connectivity index (χ4v) is 3.45. The molecular weight excluding hydrogens is 404 g/mol. The van der Waals surface area contributed by atoms with Crippen molar-refractivity contribution in [3.8, 4) is 11.5 Å². The molecule has 0 aliphatic heterocycles. The Morgan fingerprint density at radius 1 is 0.906 bits per heavy atom. The van der Waals surface area contributed by atoms with E-state index < -0.39 is 0 Å². The van der Waals surface area contributed by atoms with Gasteiger partial charge in [-0.05, 0) is 53.0 Å². The van der Waals surface area contributed by atoms with Gasteiger partial charge in [0.15, 0.2) is 6.61 Å². The lowest BCUT2D eigenvalue weighted by Crippen LogP contribution is -2.21. The Balaban J connectivity index is 2.09. The molecule has 6 nitrogen and oxygen atoms in total. The molecule has 2 rings (SSSR count). The Morgan fingerprint density at radius 2 is 1.56 bits per heavy atom. The van der Waals surface area contributed by atoms with E-state index in [4.69, 9.17) is 4.74 Å². The predicted molar refractivity (Wildman–Crippen MR) is 129 cm³/mol. The third-order valence-corrected chi connectivity index (χ3v) is 4.53. The number of amides is 2. The third-order valence-electron chi connectivity index (χ3n) is 4.53. The van der Waals surface area contributed by atoms with Crippen molar-refractivity contribution in [2.75, 3.05) is 17.2 Å². The summed E-state index contributed by atoms with van der Waals surface area (Å²) in [4.78, 5) is 23.6. The molecule has 0 saturated heterocycles. The molecule has 32 heavy (non-hydrogen) atoms. The molecule has 0 unspecified atom stereocenters. The number of ether oxygens (including phenoxy) is 1. The smallest absolute Gasteiger partial charge is 0.262 e. The molecule has 0 aliphatic carbocycles. The average molecular weight is 441 g/mol. The number of hydrogen-bond donors (Lipinski definition) is 3. The molecular formula is C26H36N2O4. The quantitative estimate of drug-likeness (QED) is 0.493. The first-order chi connectivity index (χ1) is 14.7. The van der Waals surface area contributed by atoms with E-state index in [2.05, 4.69) is 64.3 Å². The summed E-state index contributed by atoms with van der Waals surface area (Å²) in [5.41, 5.74) is 3.30. The van der Waals surface area contributed by atoms with Gasteiger partial charge in [-0.3, -0.25) is 9.59 Å². The second-order valence-electron chi connectivity index (χ2n) is 10.7. The summed E-state index contributed by atoms with van der Waals surface area (Å²) in [6.07, 6.45) is 1.79. The Kier molecular flexibility index (Phi) is 7.94. The van der Waals surface area contributed by atoms with Crippen LogP contribution in [0.2, 0.25) is 0 Å². The zero-order chi connectivity index (χ0) is 24.1. The van der Waals surface area contributed by atoms with E-state index in [0.29, 0.717) is 11.4 Å². The number of aromatic hydroxyl groups is 1.